The summed E-state index contributed by atoms with van der Waals surface area (Å²) < 4.78 is 74.9. The van der Waals surface area contributed by atoms with Gasteiger partial charge in [0.15, 0.2) is 5.76 Å². The average molecular weight is 818 g/mol. The van der Waals surface area contributed by atoms with Crippen molar-refractivity contribution in [3.8, 4) is 11.5 Å². The maximum absolute atomic E-state index is 11.0. The van der Waals surface area contributed by atoms with Crippen LogP contribution in [0.1, 0.15) is 36.1 Å². The third-order valence-electron chi connectivity index (χ3n) is 6.21. The highest BCUT2D eigenvalue weighted by molar-refractivity contribution is 7.86. The fraction of sp³-hybridized carbons (Fsp3) is 0.355. The molecule has 24 heteroatoms. The highest BCUT2D eigenvalue weighted by atomic mass is 32.2. The van der Waals surface area contributed by atoms with Crippen LogP contribution in [0.4, 0.5) is 10.7 Å². The van der Waals surface area contributed by atoms with Crippen LogP contribution in [0.25, 0.3) is 0 Å². The number of nitrogens with one attached hydrogen (secondary N) is 2. The Kier molecular flexibility index (Phi) is 21.2. The van der Waals surface area contributed by atoms with E-state index in [1.54, 1.807) is 24.3 Å². The van der Waals surface area contributed by atoms with Gasteiger partial charge in [-0.05, 0) is 73.9 Å². The Morgan fingerprint density at radius 3 is 1.60 bits per heavy atom. The second-order valence-corrected chi connectivity index (χ2v) is 13.7. The molecule has 0 aliphatic carbocycles. The standard InChI is InChI=1S/C19H24N4O2.C8H7N3O5.2C2H6O4S/c20-18(21)14-4-8-16(9-5-14)24-12-2-1-3-13-25-17-10-6-15(7-11-17)19(22)23;12-8-10(3-4-15-8)9-5-6-1-2-7(16-6)11(13)14;2*3-1-2-7(4,5)6/h4-11H,1-3,12-13H2,(H3,20,21)(H3,22,23);1-2,5H,3-4H2;2*3H,1-2H2,(H,4,5,6). The second-order valence-electron chi connectivity index (χ2n) is 10.6. The van der Waals surface area contributed by atoms with Crippen LogP contribution in [-0.4, -0.2) is 121 Å². The number of carbonyl (C=O) groups excluding carboxylic acids is 1. The molecule has 0 unspecified atom stereocenters. The smallest absolute Gasteiger partial charge is 0.433 e. The summed E-state index contributed by atoms with van der Waals surface area (Å²) in [7, 11) is -7.85. The van der Waals surface area contributed by atoms with Crippen LogP contribution in [-0.2, 0) is 25.0 Å². The number of ether oxygens (including phenoxy) is 3. The number of hydrogen-bond donors (Lipinski definition) is 8. The zero-order valence-corrected chi connectivity index (χ0v) is 30.9. The lowest BCUT2D eigenvalue weighted by Gasteiger charge is -2.08. The van der Waals surface area contributed by atoms with E-state index in [-0.39, 0.29) is 29.9 Å². The van der Waals surface area contributed by atoms with E-state index in [4.69, 9.17) is 55.5 Å². The molecule has 1 aliphatic heterocycles. The van der Waals surface area contributed by atoms with Gasteiger partial charge in [0.2, 0.25) is 0 Å². The van der Waals surface area contributed by atoms with Crippen LogP contribution < -0.4 is 20.9 Å². The van der Waals surface area contributed by atoms with Crippen molar-refractivity contribution in [3.05, 3.63) is 87.7 Å². The Labute approximate surface area is 316 Å². The fourth-order valence-electron chi connectivity index (χ4n) is 3.58. The number of hydrogen-bond acceptors (Lipinski definition) is 16. The van der Waals surface area contributed by atoms with Crippen molar-refractivity contribution in [2.45, 2.75) is 19.3 Å². The Bertz CT molecular complexity index is 1810. The molecule has 0 spiro atoms. The van der Waals surface area contributed by atoms with Gasteiger partial charge in [-0.3, -0.25) is 30.0 Å². The number of carbonyl (C=O) groups is 1. The molecule has 0 saturated carbocycles. The number of hydrazone groups is 1. The van der Waals surface area contributed by atoms with Gasteiger partial charge in [0.25, 0.3) is 20.2 Å². The van der Waals surface area contributed by atoms with Crippen LogP contribution in [0.2, 0.25) is 0 Å². The van der Waals surface area contributed by atoms with Gasteiger partial charge in [-0.2, -0.15) is 26.9 Å². The lowest BCUT2D eigenvalue weighted by molar-refractivity contribution is -0.402. The SMILES string of the molecule is N=C(N)c1ccc(OCCCCCOc2ccc(C(=N)N)cc2)cc1.O=C1OCCN1N=Cc1ccc([N+](=O)[O-])o1.O=S(=O)(O)CCO.O=S(=O)(O)CCO. The first-order chi connectivity index (χ1) is 25.8. The molecule has 2 heterocycles. The summed E-state index contributed by atoms with van der Waals surface area (Å²) in [6.45, 7) is 0.879. The Hall–Kier alpha value is -5.66. The molecular formula is C31H43N7O15S2. The molecule has 55 heavy (non-hydrogen) atoms. The summed E-state index contributed by atoms with van der Waals surface area (Å²) >= 11 is 0. The number of nitrogens with zero attached hydrogens (tertiary/aromatic N) is 3. The van der Waals surface area contributed by atoms with Gasteiger partial charge in [0, 0.05) is 11.1 Å². The van der Waals surface area contributed by atoms with E-state index in [0.717, 1.165) is 35.8 Å². The van der Waals surface area contributed by atoms with Crippen molar-refractivity contribution < 1.29 is 64.5 Å². The average Bonchev–Trinajstić information content (AvgIpc) is 3.76. The molecule has 10 N–H and O–H groups in total. The van der Waals surface area contributed by atoms with Crippen molar-refractivity contribution in [2.75, 3.05) is 51.1 Å². The summed E-state index contributed by atoms with van der Waals surface area (Å²) in [6.07, 6.45) is 3.58. The van der Waals surface area contributed by atoms with Gasteiger partial charge in [0.1, 0.15) is 34.7 Å². The molecule has 0 atom stereocenters. The maximum atomic E-state index is 11.0. The van der Waals surface area contributed by atoms with Crippen LogP contribution >= 0.6 is 0 Å². The van der Waals surface area contributed by atoms with Gasteiger partial charge in [-0.1, -0.05) is 0 Å². The number of nitrogen functional groups attached to an aromatic ring is 2. The van der Waals surface area contributed by atoms with Crippen LogP contribution in [0.3, 0.4) is 0 Å². The topological polar surface area (TPSA) is 366 Å². The summed E-state index contributed by atoms with van der Waals surface area (Å²) in [5.41, 5.74) is 12.2. The fourth-order valence-corrected chi connectivity index (χ4v) is 4.04. The van der Waals surface area contributed by atoms with E-state index >= 15 is 0 Å². The Morgan fingerprint density at radius 1 is 0.836 bits per heavy atom. The van der Waals surface area contributed by atoms with Crippen molar-refractivity contribution >= 4 is 50.1 Å². The van der Waals surface area contributed by atoms with Crippen molar-refractivity contribution in [2.24, 2.45) is 16.6 Å². The third-order valence-corrected chi connectivity index (χ3v) is 7.61. The van der Waals surface area contributed by atoms with Gasteiger partial charge >= 0.3 is 12.0 Å². The quantitative estimate of drug-likeness (QED) is 0.0239. The first-order valence-electron chi connectivity index (χ1n) is 15.8. The minimum atomic E-state index is -3.92. The molecule has 1 fully saturated rings. The molecule has 4 rings (SSSR count). The number of nitro groups is 1. The number of aliphatic hydroxyl groups excluding tert-OH is 2. The lowest BCUT2D eigenvalue weighted by Crippen LogP contribution is -2.17. The summed E-state index contributed by atoms with van der Waals surface area (Å²) in [4.78, 5) is 20.6. The van der Waals surface area contributed by atoms with E-state index in [2.05, 4.69) is 9.84 Å². The number of amides is 1. The predicted molar refractivity (Wildman–Crippen MR) is 198 cm³/mol. The van der Waals surface area contributed by atoms with Gasteiger partial charge in [0.05, 0.1) is 56.8 Å². The van der Waals surface area contributed by atoms with Crippen molar-refractivity contribution in [3.63, 3.8) is 0 Å². The van der Waals surface area contributed by atoms with E-state index in [0.29, 0.717) is 30.9 Å². The minimum absolute atomic E-state index is 0.0579. The number of aliphatic hydroxyl groups is 2. The minimum Gasteiger partial charge on any atom is -0.494 e. The van der Waals surface area contributed by atoms with Crippen molar-refractivity contribution in [1.29, 1.82) is 10.8 Å². The van der Waals surface area contributed by atoms with E-state index in [9.17, 15) is 31.7 Å². The van der Waals surface area contributed by atoms with E-state index in [1.165, 1.54) is 18.3 Å². The predicted octanol–water partition coefficient (Wildman–Crippen LogP) is 1.59. The zero-order chi connectivity index (χ0) is 41.4. The summed E-state index contributed by atoms with van der Waals surface area (Å²) in [5.74, 6) is 0.362. The molecule has 0 bridgehead atoms. The Balaban J connectivity index is 0.000000427. The third kappa shape index (κ3) is 22.2. The normalized spacial score (nSPS) is 12.2. The largest absolute Gasteiger partial charge is 0.494 e. The second kappa shape index (κ2) is 24.6. The molecular weight excluding hydrogens is 775 g/mol. The van der Waals surface area contributed by atoms with Gasteiger partial charge in [-0.15, -0.1) is 0 Å². The first kappa shape index (κ1) is 47.4. The van der Waals surface area contributed by atoms with Gasteiger partial charge in [-0.25, -0.2) is 4.79 Å². The zero-order valence-electron chi connectivity index (χ0n) is 29.2. The summed E-state index contributed by atoms with van der Waals surface area (Å²) in [6, 6.07) is 17.0. The molecule has 0 radical (unpaired) electrons. The van der Waals surface area contributed by atoms with Crippen LogP contribution in [0.5, 0.6) is 11.5 Å². The highest BCUT2D eigenvalue weighted by Crippen LogP contribution is 2.16. The molecule has 22 nitrogen and oxygen atoms in total. The molecule has 1 saturated heterocycles. The van der Waals surface area contributed by atoms with Gasteiger partial charge < -0.3 is 40.3 Å². The van der Waals surface area contributed by atoms with E-state index < -0.39 is 56.0 Å². The van der Waals surface area contributed by atoms with Crippen LogP contribution in [0.15, 0.2) is 70.2 Å². The lowest BCUT2D eigenvalue weighted by atomic mass is 10.2. The number of cyclic esters (lactones) is 1. The number of amidine groups is 2. The molecule has 3 aromatic rings. The molecule has 1 aliphatic rings. The molecule has 304 valence electrons. The molecule has 2 aromatic carbocycles. The number of rotatable bonds is 17. The summed E-state index contributed by atoms with van der Waals surface area (Å²) in [5, 5.41) is 45.6. The first-order valence-corrected chi connectivity index (χ1v) is 19.1. The van der Waals surface area contributed by atoms with E-state index in [1.807, 2.05) is 24.3 Å². The number of unbranched alkanes of at least 4 members (excludes halogenated alkanes) is 2. The maximum Gasteiger partial charge on any atom is 0.433 e. The highest BCUT2D eigenvalue weighted by Gasteiger charge is 2.21. The number of furan rings is 1. The Morgan fingerprint density at radius 2 is 1.29 bits per heavy atom. The molecule has 1 aromatic heterocycles. The van der Waals surface area contributed by atoms with Crippen LogP contribution in [0, 0.1) is 20.9 Å². The monoisotopic (exact) mass is 817 g/mol. The van der Waals surface area contributed by atoms with Crippen molar-refractivity contribution in [1.82, 2.24) is 5.01 Å². The number of nitrogens with two attached hydrogens (primary N) is 2. The molecule has 1 amide bonds. The number of benzene rings is 2.